The van der Waals surface area contributed by atoms with Crippen molar-refractivity contribution in [1.29, 1.82) is 0 Å². The lowest BCUT2D eigenvalue weighted by molar-refractivity contribution is -0.386. The molecule has 0 amide bonds. The van der Waals surface area contributed by atoms with Crippen LogP contribution in [0.5, 0.6) is 5.75 Å². The molecule has 33 heavy (non-hydrogen) atoms. The Morgan fingerprint density at radius 1 is 1.33 bits per heavy atom. The highest BCUT2D eigenvalue weighted by Crippen LogP contribution is 2.36. The van der Waals surface area contributed by atoms with Crippen molar-refractivity contribution >= 4 is 50.3 Å². The van der Waals surface area contributed by atoms with Crippen molar-refractivity contribution in [3.05, 3.63) is 71.7 Å². The van der Waals surface area contributed by atoms with Crippen LogP contribution in [0.4, 0.5) is 5.69 Å². The van der Waals surface area contributed by atoms with Crippen LogP contribution in [0.15, 0.2) is 44.7 Å². The number of benzene rings is 2. The van der Waals surface area contributed by atoms with E-state index in [2.05, 4.69) is 26.0 Å². The summed E-state index contributed by atoms with van der Waals surface area (Å²) in [5, 5.41) is 16.5. The molecule has 0 aliphatic rings. The lowest BCUT2D eigenvalue weighted by Crippen LogP contribution is -2.22. The highest BCUT2D eigenvalue weighted by atomic mass is 79.9. The summed E-state index contributed by atoms with van der Waals surface area (Å²) in [5.41, 5.74) is 0.376. The van der Waals surface area contributed by atoms with Crippen LogP contribution in [-0.4, -0.2) is 26.9 Å². The third kappa shape index (κ3) is 5.78. The summed E-state index contributed by atoms with van der Waals surface area (Å²) >= 11 is 9.69. The summed E-state index contributed by atoms with van der Waals surface area (Å²) in [6.45, 7) is 5.77. The number of aryl methyl sites for hydroxylation is 1. The van der Waals surface area contributed by atoms with E-state index in [9.17, 15) is 14.9 Å². The molecule has 0 saturated heterocycles. The molecule has 10 heteroatoms. The number of halogens is 2. The van der Waals surface area contributed by atoms with Crippen LogP contribution >= 0.6 is 27.5 Å². The quantitative estimate of drug-likeness (QED) is 0.187. The predicted octanol–water partition coefficient (Wildman–Crippen LogP) is 6.12. The second-order valence-electron chi connectivity index (χ2n) is 7.60. The minimum absolute atomic E-state index is 0.0196. The zero-order valence-corrected chi connectivity index (χ0v) is 20.9. The standard InChI is InChI=1S/C23H24BrClN4O4/c1-4-6-7-21-27-19-9-8-16(24)12-17(19)23(30)28(21)26-13-15-10-18(25)22(33-14(3)5-2)20(11-15)29(31)32/h8-14H,4-7H2,1-3H3/t14-/m0/s1. The molecule has 1 heterocycles. The Bertz CT molecular complexity index is 1280. The zero-order valence-electron chi connectivity index (χ0n) is 18.5. The van der Waals surface area contributed by atoms with Crippen LogP contribution < -0.4 is 10.3 Å². The monoisotopic (exact) mass is 534 g/mol. The maximum absolute atomic E-state index is 13.2. The number of hydrogen-bond acceptors (Lipinski definition) is 6. The van der Waals surface area contributed by atoms with Gasteiger partial charge in [0.15, 0.2) is 0 Å². The van der Waals surface area contributed by atoms with E-state index in [1.807, 2.05) is 26.8 Å². The van der Waals surface area contributed by atoms with Crippen molar-refractivity contribution in [2.45, 2.75) is 52.6 Å². The minimum Gasteiger partial charge on any atom is -0.483 e. The molecular weight excluding hydrogens is 512 g/mol. The van der Waals surface area contributed by atoms with Crippen LogP contribution in [0, 0.1) is 10.1 Å². The molecule has 1 aromatic heterocycles. The molecule has 0 unspecified atom stereocenters. The number of hydrogen-bond donors (Lipinski definition) is 0. The number of unbranched alkanes of at least 4 members (excludes halogenated alkanes) is 1. The van der Waals surface area contributed by atoms with Crippen LogP contribution in [0.2, 0.25) is 5.02 Å². The maximum atomic E-state index is 13.2. The minimum atomic E-state index is -0.547. The molecule has 8 nitrogen and oxygen atoms in total. The first-order chi connectivity index (χ1) is 15.7. The Labute approximate surface area is 204 Å². The van der Waals surface area contributed by atoms with Crippen molar-refractivity contribution < 1.29 is 9.66 Å². The smallest absolute Gasteiger partial charge is 0.313 e. The van der Waals surface area contributed by atoms with E-state index < -0.39 is 4.92 Å². The highest BCUT2D eigenvalue weighted by Gasteiger charge is 2.22. The summed E-state index contributed by atoms with van der Waals surface area (Å²) in [5.74, 6) is 0.538. The largest absolute Gasteiger partial charge is 0.483 e. The van der Waals surface area contributed by atoms with Gasteiger partial charge in [-0.25, -0.2) is 4.98 Å². The van der Waals surface area contributed by atoms with Crippen molar-refractivity contribution in [1.82, 2.24) is 9.66 Å². The predicted molar refractivity (Wildman–Crippen MR) is 134 cm³/mol. The van der Waals surface area contributed by atoms with Gasteiger partial charge in [-0.2, -0.15) is 9.78 Å². The molecule has 1 atom stereocenters. The molecule has 0 N–H and O–H groups in total. The fraction of sp³-hybridized carbons (Fsp3) is 0.348. The van der Waals surface area contributed by atoms with Crippen molar-refractivity contribution in [2.75, 3.05) is 0 Å². The number of nitro groups is 1. The third-order valence-electron chi connectivity index (χ3n) is 5.09. The van der Waals surface area contributed by atoms with Crippen molar-refractivity contribution in [3.63, 3.8) is 0 Å². The molecule has 174 valence electrons. The lowest BCUT2D eigenvalue weighted by atomic mass is 10.2. The zero-order chi connectivity index (χ0) is 24.1. The highest BCUT2D eigenvalue weighted by molar-refractivity contribution is 9.10. The van der Waals surface area contributed by atoms with Crippen LogP contribution in [-0.2, 0) is 6.42 Å². The molecule has 2 aromatic carbocycles. The van der Waals surface area contributed by atoms with Crippen molar-refractivity contribution in [2.24, 2.45) is 5.10 Å². The first-order valence-electron chi connectivity index (χ1n) is 10.6. The Hall–Kier alpha value is -2.78. The summed E-state index contributed by atoms with van der Waals surface area (Å²) in [4.78, 5) is 28.9. The van der Waals surface area contributed by atoms with E-state index in [0.717, 1.165) is 17.3 Å². The third-order valence-corrected chi connectivity index (χ3v) is 5.86. The number of ether oxygens (including phenoxy) is 1. The molecule has 3 aromatic rings. The van der Waals surface area contributed by atoms with E-state index in [1.54, 1.807) is 12.1 Å². The first-order valence-corrected chi connectivity index (χ1v) is 11.8. The van der Waals surface area contributed by atoms with Gasteiger partial charge >= 0.3 is 5.69 Å². The summed E-state index contributed by atoms with van der Waals surface area (Å²) < 4.78 is 7.66. The maximum Gasteiger partial charge on any atom is 0.313 e. The van der Waals surface area contributed by atoms with Gasteiger partial charge in [0.2, 0.25) is 5.75 Å². The Kier molecular flexibility index (Phi) is 8.20. The van der Waals surface area contributed by atoms with Gasteiger partial charge in [0.25, 0.3) is 5.56 Å². The van der Waals surface area contributed by atoms with Crippen LogP contribution in [0.3, 0.4) is 0 Å². The van der Waals surface area contributed by atoms with Crippen molar-refractivity contribution in [3.8, 4) is 5.75 Å². The molecule has 0 fully saturated rings. The molecule has 0 saturated carbocycles. The van der Waals surface area contributed by atoms with Gasteiger partial charge in [-0.1, -0.05) is 47.8 Å². The molecule has 0 spiro atoms. The fourth-order valence-corrected chi connectivity index (χ4v) is 3.77. The molecule has 0 aliphatic heterocycles. The van der Waals surface area contributed by atoms with Gasteiger partial charge in [-0.15, -0.1) is 0 Å². The average molecular weight is 536 g/mol. The van der Waals surface area contributed by atoms with E-state index in [1.165, 1.54) is 23.0 Å². The molecular formula is C23H24BrClN4O4. The first kappa shape index (κ1) is 24.9. The van der Waals surface area contributed by atoms with E-state index in [4.69, 9.17) is 16.3 Å². The topological polar surface area (TPSA) is 99.6 Å². The van der Waals surface area contributed by atoms with Gasteiger partial charge in [-0.3, -0.25) is 14.9 Å². The molecule has 0 radical (unpaired) electrons. The van der Waals surface area contributed by atoms with Gasteiger partial charge < -0.3 is 4.74 Å². The molecule has 0 aliphatic carbocycles. The Morgan fingerprint density at radius 2 is 2.09 bits per heavy atom. The molecule has 3 rings (SSSR count). The number of nitrogens with zero attached hydrogens (tertiary/aromatic N) is 4. The summed E-state index contributed by atoms with van der Waals surface area (Å²) in [6.07, 6.45) is 4.14. The number of fused-ring (bicyclic) bond motifs is 1. The Morgan fingerprint density at radius 3 is 2.76 bits per heavy atom. The average Bonchev–Trinajstić information content (AvgIpc) is 2.78. The van der Waals surface area contributed by atoms with Crippen LogP contribution in [0.25, 0.3) is 10.9 Å². The number of nitro benzene ring substituents is 1. The summed E-state index contributed by atoms with van der Waals surface area (Å²) in [7, 11) is 0. The van der Waals surface area contributed by atoms with E-state index in [0.29, 0.717) is 35.1 Å². The van der Waals surface area contributed by atoms with E-state index in [-0.39, 0.29) is 28.1 Å². The van der Waals surface area contributed by atoms with Gasteiger partial charge in [-0.05, 0) is 44.0 Å². The Balaban J connectivity index is 2.10. The van der Waals surface area contributed by atoms with Gasteiger partial charge in [0, 0.05) is 22.5 Å². The number of rotatable bonds is 9. The van der Waals surface area contributed by atoms with Gasteiger partial charge in [0.1, 0.15) is 5.82 Å². The van der Waals surface area contributed by atoms with Crippen LogP contribution in [0.1, 0.15) is 51.4 Å². The second-order valence-corrected chi connectivity index (χ2v) is 8.92. The van der Waals surface area contributed by atoms with Gasteiger partial charge in [0.05, 0.1) is 33.2 Å². The normalized spacial score (nSPS) is 12.4. The van der Waals surface area contributed by atoms with E-state index >= 15 is 0 Å². The SMILES string of the molecule is CCCCc1nc2ccc(Br)cc2c(=O)n1N=Cc1cc(Cl)c(O[C@@H](C)CC)c([N+](=O)[O-])c1. The summed E-state index contributed by atoms with van der Waals surface area (Å²) in [6, 6.07) is 8.16. The lowest BCUT2D eigenvalue weighted by Gasteiger charge is -2.14. The molecule has 0 bridgehead atoms. The number of aromatic nitrogens is 2. The second kappa shape index (κ2) is 10.9. The fourth-order valence-electron chi connectivity index (χ4n) is 3.15.